The summed E-state index contributed by atoms with van der Waals surface area (Å²) in [5, 5.41) is 7.27. The number of hydrogen-bond acceptors (Lipinski definition) is 4. The van der Waals surface area contributed by atoms with Gasteiger partial charge in [0.25, 0.3) is 5.91 Å². The van der Waals surface area contributed by atoms with Crippen molar-refractivity contribution in [3.05, 3.63) is 41.0 Å². The molecule has 0 atom stereocenters. The quantitative estimate of drug-likeness (QED) is 0.834. The third-order valence-corrected chi connectivity index (χ3v) is 3.19. The van der Waals surface area contributed by atoms with Gasteiger partial charge in [0, 0.05) is 23.2 Å². The van der Waals surface area contributed by atoms with Gasteiger partial charge in [0.2, 0.25) is 0 Å². The Hall–Kier alpha value is -1.85. The van der Waals surface area contributed by atoms with Gasteiger partial charge in [-0.3, -0.25) is 4.79 Å². The number of halogens is 1. The summed E-state index contributed by atoms with van der Waals surface area (Å²) in [5.41, 5.74) is 1.11. The Morgan fingerprint density at radius 3 is 2.71 bits per heavy atom. The summed E-state index contributed by atoms with van der Waals surface area (Å²) in [5.74, 6) is 0.322. The van der Waals surface area contributed by atoms with Crippen LogP contribution in [0.1, 0.15) is 16.9 Å². The van der Waals surface area contributed by atoms with Crippen molar-refractivity contribution in [3.63, 3.8) is 0 Å². The monoisotopic (exact) mass is 307 g/mol. The molecule has 1 N–H and O–H groups in total. The van der Waals surface area contributed by atoms with Gasteiger partial charge in [0.1, 0.15) is 0 Å². The highest BCUT2D eigenvalue weighted by atomic mass is 35.5. The number of rotatable bonds is 6. The summed E-state index contributed by atoms with van der Waals surface area (Å²) in [6.07, 6.45) is 0.890. The molecule has 5 nitrogen and oxygen atoms in total. The van der Waals surface area contributed by atoms with E-state index in [-0.39, 0.29) is 11.6 Å². The van der Waals surface area contributed by atoms with Crippen molar-refractivity contribution < 1.29 is 9.32 Å². The predicted octanol–water partition coefficient (Wildman–Crippen LogP) is 2.68. The highest BCUT2D eigenvalue weighted by Crippen LogP contribution is 2.22. The fourth-order valence-electron chi connectivity index (χ4n) is 1.82. The highest BCUT2D eigenvalue weighted by Gasteiger charge is 2.13. The largest absolute Gasteiger partial charge is 0.355 e. The maximum Gasteiger partial charge on any atom is 0.273 e. The van der Waals surface area contributed by atoms with E-state index < -0.39 is 0 Å². The number of hydrogen-bond donors (Lipinski definition) is 1. The molecule has 21 heavy (non-hydrogen) atoms. The summed E-state index contributed by atoms with van der Waals surface area (Å²) < 4.78 is 5.19. The van der Waals surface area contributed by atoms with Crippen LogP contribution in [0.3, 0.4) is 0 Å². The van der Waals surface area contributed by atoms with E-state index in [0.29, 0.717) is 17.3 Å². The standard InChI is InChI=1S/C15H18ClN3O2/c1-19(2)9-3-8-17-15(20)13-10-14(21-18-13)11-4-6-12(16)7-5-11/h4-7,10H,3,8-9H2,1-2H3,(H,17,20). The molecule has 2 rings (SSSR count). The summed E-state index contributed by atoms with van der Waals surface area (Å²) in [7, 11) is 4.00. The number of aromatic nitrogens is 1. The third kappa shape index (κ3) is 4.58. The molecule has 1 aromatic carbocycles. The molecule has 0 saturated carbocycles. The Kier molecular flexibility index (Phi) is 5.36. The first-order valence-electron chi connectivity index (χ1n) is 6.72. The Morgan fingerprint density at radius 1 is 1.33 bits per heavy atom. The molecule has 2 aromatic rings. The second-order valence-electron chi connectivity index (χ2n) is 5.00. The fourth-order valence-corrected chi connectivity index (χ4v) is 1.95. The summed E-state index contributed by atoms with van der Waals surface area (Å²) in [6.45, 7) is 1.54. The van der Waals surface area contributed by atoms with Gasteiger partial charge in [-0.05, 0) is 51.3 Å². The maximum atomic E-state index is 11.9. The molecular formula is C15H18ClN3O2. The molecule has 1 aromatic heterocycles. The number of nitrogens with one attached hydrogen (secondary N) is 1. The predicted molar refractivity (Wildman–Crippen MR) is 82.5 cm³/mol. The van der Waals surface area contributed by atoms with Crippen LogP contribution in [0, 0.1) is 0 Å². The zero-order valence-corrected chi connectivity index (χ0v) is 12.9. The van der Waals surface area contributed by atoms with E-state index in [9.17, 15) is 4.79 Å². The molecule has 1 heterocycles. The van der Waals surface area contributed by atoms with Crippen molar-refractivity contribution in [2.45, 2.75) is 6.42 Å². The van der Waals surface area contributed by atoms with Gasteiger partial charge in [0.15, 0.2) is 11.5 Å². The van der Waals surface area contributed by atoms with Crippen LogP contribution in [0.4, 0.5) is 0 Å². The molecule has 0 aliphatic rings. The first kappa shape index (κ1) is 15.5. The zero-order chi connectivity index (χ0) is 15.2. The number of carbonyl (C=O) groups is 1. The van der Waals surface area contributed by atoms with Gasteiger partial charge in [-0.25, -0.2) is 0 Å². The van der Waals surface area contributed by atoms with Crippen LogP contribution in [-0.2, 0) is 0 Å². The Balaban J connectivity index is 1.93. The van der Waals surface area contributed by atoms with Crippen LogP contribution in [0.5, 0.6) is 0 Å². The minimum absolute atomic E-state index is 0.224. The van der Waals surface area contributed by atoms with Crippen LogP contribution in [-0.4, -0.2) is 43.1 Å². The van der Waals surface area contributed by atoms with Gasteiger partial charge < -0.3 is 14.7 Å². The topological polar surface area (TPSA) is 58.4 Å². The van der Waals surface area contributed by atoms with Crippen molar-refractivity contribution in [1.82, 2.24) is 15.4 Å². The lowest BCUT2D eigenvalue weighted by molar-refractivity contribution is 0.0943. The van der Waals surface area contributed by atoms with Crippen LogP contribution < -0.4 is 5.32 Å². The molecular weight excluding hydrogens is 290 g/mol. The minimum Gasteiger partial charge on any atom is -0.355 e. The first-order chi connectivity index (χ1) is 10.1. The van der Waals surface area contributed by atoms with Gasteiger partial charge >= 0.3 is 0 Å². The molecule has 6 heteroatoms. The van der Waals surface area contributed by atoms with Crippen LogP contribution in [0.15, 0.2) is 34.9 Å². The maximum absolute atomic E-state index is 11.9. The van der Waals surface area contributed by atoms with Gasteiger partial charge in [0.05, 0.1) is 0 Å². The van der Waals surface area contributed by atoms with Crippen molar-refractivity contribution in [1.29, 1.82) is 0 Å². The Morgan fingerprint density at radius 2 is 2.05 bits per heavy atom. The second-order valence-corrected chi connectivity index (χ2v) is 5.43. The minimum atomic E-state index is -0.224. The van der Waals surface area contributed by atoms with E-state index in [1.165, 1.54) is 0 Å². The van der Waals surface area contributed by atoms with E-state index in [2.05, 4.69) is 15.4 Å². The average molecular weight is 308 g/mol. The Labute approximate surface area is 128 Å². The normalized spacial score (nSPS) is 10.9. The van der Waals surface area contributed by atoms with Crippen LogP contribution in [0.2, 0.25) is 5.02 Å². The van der Waals surface area contributed by atoms with E-state index >= 15 is 0 Å². The molecule has 0 spiro atoms. The molecule has 112 valence electrons. The van der Waals surface area contributed by atoms with Crippen LogP contribution >= 0.6 is 11.6 Å². The molecule has 0 bridgehead atoms. The zero-order valence-electron chi connectivity index (χ0n) is 12.1. The molecule has 0 unspecified atom stereocenters. The first-order valence-corrected chi connectivity index (χ1v) is 7.09. The molecule has 1 amide bonds. The Bertz CT molecular complexity index is 593. The third-order valence-electron chi connectivity index (χ3n) is 2.94. The second kappa shape index (κ2) is 7.24. The number of benzene rings is 1. The lowest BCUT2D eigenvalue weighted by atomic mass is 10.1. The van der Waals surface area contributed by atoms with Crippen molar-refractivity contribution in [2.75, 3.05) is 27.2 Å². The average Bonchev–Trinajstić information content (AvgIpc) is 2.94. The van der Waals surface area contributed by atoms with E-state index in [1.54, 1.807) is 18.2 Å². The van der Waals surface area contributed by atoms with Crippen molar-refractivity contribution >= 4 is 17.5 Å². The van der Waals surface area contributed by atoms with Crippen molar-refractivity contribution in [2.24, 2.45) is 0 Å². The van der Waals surface area contributed by atoms with Gasteiger partial charge in [-0.15, -0.1) is 0 Å². The van der Waals surface area contributed by atoms with Crippen molar-refractivity contribution in [3.8, 4) is 11.3 Å². The lowest BCUT2D eigenvalue weighted by Gasteiger charge is -2.08. The van der Waals surface area contributed by atoms with E-state index in [4.69, 9.17) is 16.1 Å². The smallest absolute Gasteiger partial charge is 0.273 e. The molecule has 0 aliphatic heterocycles. The molecule has 0 fully saturated rings. The summed E-state index contributed by atoms with van der Waals surface area (Å²) >= 11 is 5.83. The fraction of sp³-hybridized carbons (Fsp3) is 0.333. The summed E-state index contributed by atoms with van der Waals surface area (Å²) in [6, 6.07) is 8.80. The number of amides is 1. The molecule has 0 radical (unpaired) electrons. The van der Waals surface area contributed by atoms with E-state index in [0.717, 1.165) is 18.5 Å². The van der Waals surface area contributed by atoms with Crippen LogP contribution in [0.25, 0.3) is 11.3 Å². The lowest BCUT2D eigenvalue weighted by Crippen LogP contribution is -2.27. The van der Waals surface area contributed by atoms with Gasteiger partial charge in [-0.1, -0.05) is 16.8 Å². The summed E-state index contributed by atoms with van der Waals surface area (Å²) in [4.78, 5) is 14.0. The number of carbonyl (C=O) groups excluding carboxylic acids is 1. The SMILES string of the molecule is CN(C)CCCNC(=O)c1cc(-c2ccc(Cl)cc2)on1. The van der Waals surface area contributed by atoms with Gasteiger partial charge in [-0.2, -0.15) is 0 Å². The number of nitrogens with zero attached hydrogens (tertiary/aromatic N) is 2. The molecule has 0 saturated heterocycles. The van der Waals surface area contributed by atoms with E-state index in [1.807, 2.05) is 26.2 Å². The highest BCUT2D eigenvalue weighted by molar-refractivity contribution is 6.30. The molecule has 0 aliphatic carbocycles.